The number of hydrogen-bond donors (Lipinski definition) is 1. The van der Waals surface area contributed by atoms with Gasteiger partial charge >= 0.3 is 0 Å². The van der Waals surface area contributed by atoms with E-state index in [0.29, 0.717) is 22.2 Å². The molecule has 0 aliphatic heterocycles. The second-order valence-electron chi connectivity index (χ2n) is 4.38. The minimum absolute atomic E-state index is 0.455. The largest absolute Gasteiger partial charge is 0.453 e. The molecule has 106 valence electrons. The lowest BCUT2D eigenvalue weighted by molar-refractivity contribution is 0.490. The fraction of sp³-hybridized carbons (Fsp3) is 0. The first-order valence-electron chi connectivity index (χ1n) is 6.01. The Morgan fingerprint density at radius 3 is 2.57 bits per heavy atom. The zero-order valence-electron chi connectivity index (χ0n) is 10.6. The highest BCUT2D eigenvalue weighted by Crippen LogP contribution is 2.38. The topological polar surface area (TPSA) is 48.1 Å². The van der Waals surface area contributed by atoms with Gasteiger partial charge < -0.3 is 10.5 Å². The highest BCUT2D eigenvalue weighted by atomic mass is 79.9. The molecular formula is C15H9Br2ClN2O. The predicted octanol–water partition coefficient (Wildman–Crippen LogP) is 5.79. The number of nitrogen functional groups attached to an aromatic ring is 1. The normalized spacial score (nSPS) is 10.8. The molecule has 3 rings (SSSR count). The van der Waals surface area contributed by atoms with E-state index >= 15 is 0 Å². The van der Waals surface area contributed by atoms with Crippen LogP contribution in [0.4, 0.5) is 5.69 Å². The van der Waals surface area contributed by atoms with E-state index in [1.165, 1.54) is 0 Å². The number of benzene rings is 2. The van der Waals surface area contributed by atoms with Gasteiger partial charge in [-0.3, -0.25) is 4.98 Å². The lowest BCUT2D eigenvalue weighted by Gasteiger charge is -2.13. The molecule has 0 aliphatic rings. The van der Waals surface area contributed by atoms with Gasteiger partial charge in [-0.25, -0.2) is 0 Å². The van der Waals surface area contributed by atoms with Crippen molar-refractivity contribution in [3.63, 3.8) is 0 Å². The summed E-state index contributed by atoms with van der Waals surface area (Å²) in [6.45, 7) is 0. The summed E-state index contributed by atoms with van der Waals surface area (Å²) in [6, 6.07) is 11.1. The lowest BCUT2D eigenvalue weighted by Crippen LogP contribution is -1.95. The van der Waals surface area contributed by atoms with Crippen molar-refractivity contribution in [1.82, 2.24) is 4.98 Å². The smallest absolute Gasteiger partial charge is 0.161 e. The molecule has 0 unspecified atom stereocenters. The number of hydrogen-bond acceptors (Lipinski definition) is 3. The average Bonchev–Trinajstić information content (AvgIpc) is 2.46. The van der Waals surface area contributed by atoms with Crippen molar-refractivity contribution in [3.8, 4) is 11.5 Å². The van der Waals surface area contributed by atoms with Crippen molar-refractivity contribution >= 4 is 60.1 Å². The van der Waals surface area contributed by atoms with Gasteiger partial charge in [0.1, 0.15) is 5.75 Å². The van der Waals surface area contributed by atoms with Gasteiger partial charge in [-0.2, -0.15) is 0 Å². The summed E-state index contributed by atoms with van der Waals surface area (Å²) in [7, 11) is 0. The van der Waals surface area contributed by atoms with Crippen LogP contribution in [0.3, 0.4) is 0 Å². The van der Waals surface area contributed by atoms with Crippen molar-refractivity contribution in [2.45, 2.75) is 0 Å². The summed E-state index contributed by atoms with van der Waals surface area (Å²) >= 11 is 13.0. The second kappa shape index (κ2) is 5.83. The number of fused-ring (bicyclic) bond motifs is 1. The highest BCUT2D eigenvalue weighted by molar-refractivity contribution is 9.10. The molecule has 0 aliphatic carbocycles. The number of ether oxygens (including phenoxy) is 1. The van der Waals surface area contributed by atoms with Crippen molar-refractivity contribution in [3.05, 3.63) is 56.6 Å². The molecule has 1 aromatic heterocycles. The van der Waals surface area contributed by atoms with Crippen molar-refractivity contribution in [1.29, 1.82) is 0 Å². The zero-order valence-corrected chi connectivity index (χ0v) is 14.5. The Hall–Kier alpha value is -1.30. The number of aromatic nitrogens is 1. The van der Waals surface area contributed by atoms with Crippen LogP contribution in [0.5, 0.6) is 11.5 Å². The standard InChI is InChI=1S/C15H9Br2ClN2O/c16-8-2-4-13-10(5-8)15(12(19)7-20-13)21-14-6-9(17)1-3-11(14)18/h1-7H,19H2. The van der Waals surface area contributed by atoms with Crippen molar-refractivity contribution in [2.75, 3.05) is 5.73 Å². The summed E-state index contributed by atoms with van der Waals surface area (Å²) in [5.41, 5.74) is 7.27. The van der Waals surface area contributed by atoms with Crippen LogP contribution in [-0.2, 0) is 0 Å². The van der Waals surface area contributed by atoms with Crippen molar-refractivity contribution < 1.29 is 4.74 Å². The van der Waals surface area contributed by atoms with Gasteiger partial charge in [-0.1, -0.05) is 43.5 Å². The van der Waals surface area contributed by atoms with Crippen LogP contribution in [0.2, 0.25) is 5.02 Å². The third-order valence-corrected chi connectivity index (χ3v) is 4.21. The van der Waals surface area contributed by atoms with Gasteiger partial charge in [-0.05, 0) is 36.4 Å². The zero-order chi connectivity index (χ0) is 15.0. The maximum Gasteiger partial charge on any atom is 0.161 e. The third kappa shape index (κ3) is 3.00. The van der Waals surface area contributed by atoms with Crippen LogP contribution in [0.25, 0.3) is 10.9 Å². The van der Waals surface area contributed by atoms with Crippen LogP contribution in [0, 0.1) is 0 Å². The molecular weight excluding hydrogens is 419 g/mol. The monoisotopic (exact) mass is 426 g/mol. The van der Waals surface area contributed by atoms with E-state index in [1.807, 2.05) is 24.3 Å². The van der Waals surface area contributed by atoms with E-state index in [-0.39, 0.29) is 0 Å². The molecule has 2 N–H and O–H groups in total. The maximum atomic E-state index is 6.17. The minimum Gasteiger partial charge on any atom is -0.453 e. The molecule has 0 fully saturated rings. The molecule has 6 heteroatoms. The lowest BCUT2D eigenvalue weighted by atomic mass is 10.2. The summed E-state index contributed by atoms with van der Waals surface area (Å²) in [5, 5.41) is 1.33. The fourth-order valence-electron chi connectivity index (χ4n) is 1.94. The van der Waals surface area contributed by atoms with E-state index < -0.39 is 0 Å². The van der Waals surface area contributed by atoms with Gasteiger partial charge in [0.25, 0.3) is 0 Å². The number of nitrogens with zero attached hydrogens (tertiary/aromatic N) is 1. The van der Waals surface area contributed by atoms with Crippen LogP contribution < -0.4 is 10.5 Å². The van der Waals surface area contributed by atoms with Crippen LogP contribution >= 0.6 is 43.5 Å². The third-order valence-electron chi connectivity index (χ3n) is 2.91. The van der Waals surface area contributed by atoms with Crippen LogP contribution in [0.1, 0.15) is 0 Å². The molecule has 0 saturated carbocycles. The Morgan fingerprint density at radius 2 is 1.76 bits per heavy atom. The number of rotatable bonds is 2. The molecule has 1 heterocycles. The van der Waals surface area contributed by atoms with Gasteiger partial charge in [-0.15, -0.1) is 0 Å². The summed E-state index contributed by atoms with van der Waals surface area (Å²) in [6.07, 6.45) is 1.58. The second-order valence-corrected chi connectivity index (χ2v) is 6.62. The van der Waals surface area contributed by atoms with Crippen molar-refractivity contribution in [2.24, 2.45) is 0 Å². The first-order chi connectivity index (χ1) is 10.0. The van der Waals surface area contributed by atoms with Gasteiger partial charge in [0.2, 0.25) is 0 Å². The molecule has 2 aromatic carbocycles. The summed E-state index contributed by atoms with van der Waals surface area (Å²) in [4.78, 5) is 4.30. The summed E-state index contributed by atoms with van der Waals surface area (Å²) in [5.74, 6) is 1.08. The molecule has 0 radical (unpaired) electrons. The van der Waals surface area contributed by atoms with E-state index in [1.54, 1.807) is 18.3 Å². The molecule has 3 nitrogen and oxygen atoms in total. The summed E-state index contributed by atoms with van der Waals surface area (Å²) < 4.78 is 7.74. The fourth-order valence-corrected chi connectivity index (χ4v) is 2.79. The molecule has 0 saturated heterocycles. The molecule has 0 spiro atoms. The Bertz CT molecular complexity index is 834. The molecule has 0 bridgehead atoms. The number of nitrogens with two attached hydrogens (primary N) is 1. The molecule has 21 heavy (non-hydrogen) atoms. The Kier molecular flexibility index (Phi) is 4.06. The number of pyridine rings is 1. The highest BCUT2D eigenvalue weighted by Gasteiger charge is 2.12. The average molecular weight is 429 g/mol. The maximum absolute atomic E-state index is 6.17. The van der Waals surface area contributed by atoms with Gasteiger partial charge in [0.05, 0.1) is 22.4 Å². The van der Waals surface area contributed by atoms with Crippen LogP contribution in [0.15, 0.2) is 51.5 Å². The number of anilines is 1. The molecule has 0 amide bonds. The van der Waals surface area contributed by atoms with E-state index in [4.69, 9.17) is 22.1 Å². The predicted molar refractivity (Wildman–Crippen MR) is 93.1 cm³/mol. The van der Waals surface area contributed by atoms with Gasteiger partial charge in [0.15, 0.2) is 5.75 Å². The van der Waals surface area contributed by atoms with E-state index in [0.717, 1.165) is 19.8 Å². The first kappa shape index (κ1) is 14.6. The van der Waals surface area contributed by atoms with E-state index in [2.05, 4.69) is 36.8 Å². The van der Waals surface area contributed by atoms with E-state index in [9.17, 15) is 0 Å². The minimum atomic E-state index is 0.455. The molecule has 0 atom stereocenters. The SMILES string of the molecule is Nc1cnc2ccc(Br)cc2c1Oc1cc(Br)ccc1Cl. The van der Waals surface area contributed by atoms with Crippen LogP contribution in [-0.4, -0.2) is 4.98 Å². The molecule has 3 aromatic rings. The quantitative estimate of drug-likeness (QED) is 0.562. The first-order valence-corrected chi connectivity index (χ1v) is 7.97. The number of halogens is 3. The Balaban J connectivity index is 2.17. The Morgan fingerprint density at radius 1 is 1.05 bits per heavy atom. The Labute approximate surface area is 143 Å². The van der Waals surface area contributed by atoms with Gasteiger partial charge in [0, 0.05) is 14.3 Å².